The summed E-state index contributed by atoms with van der Waals surface area (Å²) < 4.78 is 10.6. The summed E-state index contributed by atoms with van der Waals surface area (Å²) in [5.74, 6) is 0.620. The summed E-state index contributed by atoms with van der Waals surface area (Å²) in [5, 5.41) is 7.41. The minimum Gasteiger partial charge on any atom is -0.497 e. The lowest BCUT2D eigenvalue weighted by Gasteiger charge is -2.27. The van der Waals surface area contributed by atoms with Gasteiger partial charge in [0.2, 0.25) is 0 Å². The fraction of sp³-hybridized carbons (Fsp3) is 0.231. The van der Waals surface area contributed by atoms with Crippen LogP contribution in [0.1, 0.15) is 38.1 Å². The summed E-state index contributed by atoms with van der Waals surface area (Å²) in [6.07, 6.45) is 3.56. The second-order valence-corrected chi connectivity index (χ2v) is 9.45. The minimum absolute atomic E-state index is 0.0642. The Morgan fingerprint density at radius 1 is 1.15 bits per heavy atom. The molecule has 3 aromatic rings. The molecule has 3 heterocycles. The Bertz CT molecular complexity index is 1270. The fourth-order valence-electron chi connectivity index (χ4n) is 4.20. The number of nitrogens with one attached hydrogen (secondary N) is 2. The third kappa shape index (κ3) is 4.55. The lowest BCUT2D eigenvalue weighted by Crippen LogP contribution is -2.38. The fourth-order valence-corrected chi connectivity index (χ4v) is 5.55. The molecule has 2 aliphatic heterocycles. The first-order valence-corrected chi connectivity index (χ1v) is 11.9. The maximum Gasteiger partial charge on any atom is 0.336 e. The van der Waals surface area contributed by atoms with E-state index in [1.807, 2.05) is 36.4 Å². The molecule has 7 nitrogen and oxygen atoms in total. The van der Waals surface area contributed by atoms with Crippen LogP contribution in [0, 0.1) is 0 Å². The second kappa shape index (κ2) is 9.32. The van der Waals surface area contributed by atoms with Gasteiger partial charge in [0, 0.05) is 24.0 Å². The Labute approximate surface area is 202 Å². The monoisotopic (exact) mass is 475 g/mol. The SMILES string of the molecule is COc1ccc(/C=C\C(=O)Oc2cccc([C@@H]3NC(=O)c4c(sc5c4CCN(C)C5)N3)c2)cc1. The molecule has 0 saturated carbocycles. The number of fused-ring (bicyclic) bond motifs is 3. The van der Waals surface area contributed by atoms with Crippen LogP contribution in [0.15, 0.2) is 54.6 Å². The van der Waals surface area contributed by atoms with Crippen LogP contribution in [0.2, 0.25) is 0 Å². The van der Waals surface area contributed by atoms with Crippen LogP contribution >= 0.6 is 11.3 Å². The highest BCUT2D eigenvalue weighted by Gasteiger charge is 2.32. The third-order valence-electron chi connectivity index (χ3n) is 5.96. The van der Waals surface area contributed by atoms with Crippen LogP contribution in [-0.4, -0.2) is 37.5 Å². The third-order valence-corrected chi connectivity index (χ3v) is 7.11. The first-order chi connectivity index (χ1) is 16.5. The number of anilines is 1. The first kappa shape index (κ1) is 22.2. The number of thiophene rings is 1. The Balaban J connectivity index is 1.28. The molecule has 1 aromatic heterocycles. The molecular weight excluding hydrogens is 450 g/mol. The normalized spacial score (nSPS) is 17.5. The zero-order chi connectivity index (χ0) is 23.7. The van der Waals surface area contributed by atoms with Crippen molar-refractivity contribution in [2.45, 2.75) is 19.1 Å². The van der Waals surface area contributed by atoms with Crippen molar-refractivity contribution in [2.24, 2.45) is 0 Å². The summed E-state index contributed by atoms with van der Waals surface area (Å²) in [5.41, 5.74) is 3.61. The molecule has 0 spiro atoms. The van der Waals surface area contributed by atoms with Crippen molar-refractivity contribution in [1.29, 1.82) is 0 Å². The van der Waals surface area contributed by atoms with Gasteiger partial charge in [-0.25, -0.2) is 4.79 Å². The Kier molecular flexibility index (Phi) is 6.08. The topological polar surface area (TPSA) is 79.9 Å². The summed E-state index contributed by atoms with van der Waals surface area (Å²) in [6.45, 7) is 1.81. The molecule has 0 saturated heterocycles. The molecule has 34 heavy (non-hydrogen) atoms. The van der Waals surface area contributed by atoms with Crippen LogP contribution < -0.4 is 20.1 Å². The number of hydrogen-bond donors (Lipinski definition) is 2. The van der Waals surface area contributed by atoms with Crippen molar-refractivity contribution in [2.75, 3.05) is 26.0 Å². The number of carbonyl (C=O) groups excluding carboxylic acids is 2. The van der Waals surface area contributed by atoms with Crippen LogP contribution in [0.4, 0.5) is 5.00 Å². The van der Waals surface area contributed by atoms with Gasteiger partial charge in [-0.3, -0.25) is 4.79 Å². The Morgan fingerprint density at radius 2 is 1.97 bits per heavy atom. The largest absolute Gasteiger partial charge is 0.497 e. The molecule has 2 aliphatic rings. The van der Waals surface area contributed by atoms with Crippen LogP contribution in [0.25, 0.3) is 6.08 Å². The van der Waals surface area contributed by atoms with Crippen LogP contribution in [0.5, 0.6) is 11.5 Å². The van der Waals surface area contributed by atoms with Gasteiger partial charge < -0.3 is 25.0 Å². The van der Waals surface area contributed by atoms with Crippen molar-refractivity contribution < 1.29 is 19.1 Å². The van der Waals surface area contributed by atoms with Gasteiger partial charge in [-0.1, -0.05) is 24.3 Å². The number of likely N-dealkylation sites (N-methyl/N-ethyl adjacent to an activating group) is 1. The average Bonchev–Trinajstić information content (AvgIpc) is 3.21. The number of esters is 1. The van der Waals surface area contributed by atoms with Gasteiger partial charge in [0.25, 0.3) is 5.91 Å². The number of nitrogens with zero attached hydrogens (tertiary/aromatic N) is 1. The Morgan fingerprint density at radius 3 is 2.76 bits per heavy atom. The Hall–Kier alpha value is -3.62. The highest BCUT2D eigenvalue weighted by molar-refractivity contribution is 7.16. The average molecular weight is 476 g/mol. The van der Waals surface area contributed by atoms with E-state index in [2.05, 4.69) is 22.6 Å². The molecule has 1 amide bonds. The molecule has 174 valence electrons. The maximum atomic E-state index is 12.9. The molecule has 0 radical (unpaired) electrons. The van der Waals surface area contributed by atoms with Crippen molar-refractivity contribution in [1.82, 2.24) is 10.2 Å². The summed E-state index contributed by atoms with van der Waals surface area (Å²) in [4.78, 5) is 28.8. The van der Waals surface area contributed by atoms with E-state index in [0.29, 0.717) is 5.75 Å². The van der Waals surface area contributed by atoms with E-state index in [9.17, 15) is 9.59 Å². The minimum atomic E-state index is -0.481. The number of amides is 1. The lowest BCUT2D eigenvalue weighted by molar-refractivity contribution is -0.128. The number of ether oxygens (including phenoxy) is 2. The van der Waals surface area contributed by atoms with E-state index >= 15 is 0 Å². The first-order valence-electron chi connectivity index (χ1n) is 11.0. The lowest BCUT2D eigenvalue weighted by atomic mass is 10.0. The molecular formula is C26H25N3O4S. The van der Waals surface area contributed by atoms with E-state index in [1.165, 1.54) is 11.0 Å². The molecule has 2 N–H and O–H groups in total. The van der Waals surface area contributed by atoms with E-state index < -0.39 is 12.1 Å². The van der Waals surface area contributed by atoms with E-state index in [0.717, 1.165) is 52.5 Å². The predicted molar refractivity (Wildman–Crippen MR) is 132 cm³/mol. The summed E-state index contributed by atoms with van der Waals surface area (Å²) in [6, 6.07) is 14.6. The van der Waals surface area contributed by atoms with Gasteiger partial charge in [-0.15, -0.1) is 11.3 Å². The van der Waals surface area contributed by atoms with Crippen LogP contribution in [-0.2, 0) is 17.8 Å². The molecule has 0 bridgehead atoms. The van der Waals surface area contributed by atoms with Crippen molar-refractivity contribution >= 4 is 34.3 Å². The number of benzene rings is 2. The van der Waals surface area contributed by atoms with E-state index in [-0.39, 0.29) is 5.91 Å². The molecule has 8 heteroatoms. The highest BCUT2D eigenvalue weighted by atomic mass is 32.1. The van der Waals surface area contributed by atoms with E-state index in [4.69, 9.17) is 9.47 Å². The predicted octanol–water partition coefficient (Wildman–Crippen LogP) is 4.22. The standard InChI is InChI=1S/C26H25N3O4S/c1-29-13-12-20-21(15-29)34-26-23(20)25(31)27-24(28-26)17-4-3-5-19(14-17)33-22(30)11-8-16-6-9-18(32-2)10-7-16/h3-11,14,24,28H,12-13,15H2,1-2H3,(H,27,31)/b11-8-/t24-/m1/s1. The summed E-state index contributed by atoms with van der Waals surface area (Å²) >= 11 is 1.65. The van der Waals surface area contributed by atoms with E-state index in [1.54, 1.807) is 36.7 Å². The van der Waals surface area contributed by atoms with Gasteiger partial charge in [-0.05, 0) is 60.5 Å². The van der Waals surface area contributed by atoms with Crippen molar-refractivity contribution in [3.63, 3.8) is 0 Å². The maximum absolute atomic E-state index is 12.9. The number of methoxy groups -OCH3 is 1. The van der Waals surface area contributed by atoms with Gasteiger partial charge in [0.1, 0.15) is 22.7 Å². The molecule has 1 atom stereocenters. The smallest absolute Gasteiger partial charge is 0.336 e. The molecule has 5 rings (SSSR count). The van der Waals surface area contributed by atoms with Gasteiger partial charge >= 0.3 is 5.97 Å². The van der Waals surface area contributed by atoms with Crippen molar-refractivity contribution in [3.05, 3.63) is 81.7 Å². The van der Waals surface area contributed by atoms with Gasteiger partial charge in [0.05, 0.1) is 12.7 Å². The zero-order valence-corrected chi connectivity index (χ0v) is 19.8. The molecule has 0 unspecified atom stereocenters. The number of carbonyl (C=O) groups is 2. The van der Waals surface area contributed by atoms with Gasteiger partial charge in [-0.2, -0.15) is 0 Å². The highest BCUT2D eigenvalue weighted by Crippen LogP contribution is 2.40. The zero-order valence-electron chi connectivity index (χ0n) is 19.0. The molecule has 2 aromatic carbocycles. The quantitative estimate of drug-likeness (QED) is 0.327. The summed E-state index contributed by atoms with van der Waals surface area (Å²) in [7, 11) is 3.70. The van der Waals surface area contributed by atoms with Gasteiger partial charge in [0.15, 0.2) is 0 Å². The van der Waals surface area contributed by atoms with Crippen LogP contribution in [0.3, 0.4) is 0 Å². The molecule has 0 fully saturated rings. The molecule has 0 aliphatic carbocycles. The second-order valence-electron chi connectivity index (χ2n) is 8.35. The van der Waals surface area contributed by atoms with Crippen molar-refractivity contribution in [3.8, 4) is 11.5 Å². The number of hydrogen-bond acceptors (Lipinski definition) is 7. The number of rotatable bonds is 5.